The summed E-state index contributed by atoms with van der Waals surface area (Å²) in [6.07, 6.45) is 1.95. The van der Waals surface area contributed by atoms with E-state index in [1.807, 2.05) is 19.1 Å². The van der Waals surface area contributed by atoms with Gasteiger partial charge in [-0.1, -0.05) is 6.07 Å². The summed E-state index contributed by atoms with van der Waals surface area (Å²) < 4.78 is 11.3. The first-order valence-corrected chi connectivity index (χ1v) is 8.03. The van der Waals surface area contributed by atoms with E-state index in [9.17, 15) is 9.00 Å². The molecule has 0 bridgehead atoms. The molecule has 1 saturated heterocycles. The van der Waals surface area contributed by atoms with Crippen molar-refractivity contribution >= 4 is 16.7 Å². The first kappa shape index (κ1) is 14.2. The van der Waals surface area contributed by atoms with Gasteiger partial charge in [0, 0.05) is 40.5 Å². The number of benzene rings is 1. The van der Waals surface area contributed by atoms with Crippen molar-refractivity contribution in [1.82, 2.24) is 5.32 Å². The van der Waals surface area contributed by atoms with Crippen LogP contribution >= 0.6 is 0 Å². The molecule has 1 aliphatic heterocycles. The van der Waals surface area contributed by atoms with Gasteiger partial charge in [0.2, 0.25) is 5.91 Å². The molecule has 2 rings (SSSR count). The minimum Gasteiger partial charge on any atom is -0.366 e. The molecule has 4 nitrogen and oxygen atoms in total. The summed E-state index contributed by atoms with van der Waals surface area (Å²) in [5, 5.41) is 3.50. The number of nitrogens with one attached hydrogen (secondary N) is 1. The summed E-state index contributed by atoms with van der Waals surface area (Å²) in [4.78, 5) is 11.1. The van der Waals surface area contributed by atoms with Crippen LogP contribution in [0.2, 0.25) is 0 Å². The molecule has 3 N–H and O–H groups in total. The monoisotopic (exact) mass is 280 g/mol. The lowest BCUT2D eigenvalue weighted by Crippen LogP contribution is -2.35. The summed E-state index contributed by atoms with van der Waals surface area (Å²) >= 11 is 0. The molecule has 0 aromatic heterocycles. The molecule has 0 spiro atoms. The first-order chi connectivity index (χ1) is 9.06. The molecule has 0 aliphatic carbocycles. The number of carbonyl (C=O) groups excluding carboxylic acids is 1. The summed E-state index contributed by atoms with van der Waals surface area (Å²) in [6, 6.07) is 5.99. The lowest BCUT2D eigenvalue weighted by Gasteiger charge is -2.23. The van der Waals surface area contributed by atoms with E-state index in [4.69, 9.17) is 5.73 Å². The summed E-state index contributed by atoms with van der Waals surface area (Å²) in [6.45, 7) is 2.77. The van der Waals surface area contributed by atoms with E-state index in [0.717, 1.165) is 36.5 Å². The van der Waals surface area contributed by atoms with E-state index in [1.54, 1.807) is 6.07 Å². The van der Waals surface area contributed by atoms with Crippen LogP contribution in [0.25, 0.3) is 0 Å². The Balaban J connectivity index is 1.92. The van der Waals surface area contributed by atoms with Crippen LogP contribution in [-0.4, -0.2) is 27.7 Å². The minimum atomic E-state index is -0.613. The Bertz CT molecular complexity index is 492. The van der Waals surface area contributed by atoms with Gasteiger partial charge >= 0.3 is 0 Å². The van der Waals surface area contributed by atoms with E-state index in [0.29, 0.717) is 11.6 Å². The summed E-state index contributed by atoms with van der Waals surface area (Å²) in [5.41, 5.74) is 8.05. The molecule has 1 amide bonds. The van der Waals surface area contributed by atoms with Crippen LogP contribution in [0.5, 0.6) is 0 Å². The quantitative estimate of drug-likeness (QED) is 0.867. The van der Waals surface area contributed by atoms with Crippen LogP contribution in [0.15, 0.2) is 18.2 Å². The fraction of sp³-hybridized carbons (Fsp3) is 0.500. The second kappa shape index (κ2) is 6.30. The molecule has 0 atom stereocenters. The molecule has 0 unspecified atom stereocenters. The topological polar surface area (TPSA) is 72.2 Å². The second-order valence-corrected chi connectivity index (χ2v) is 6.70. The van der Waals surface area contributed by atoms with Gasteiger partial charge in [0.05, 0.1) is 0 Å². The van der Waals surface area contributed by atoms with Gasteiger partial charge in [-0.3, -0.25) is 9.00 Å². The Morgan fingerprint density at radius 3 is 2.68 bits per heavy atom. The van der Waals surface area contributed by atoms with E-state index >= 15 is 0 Å². The zero-order valence-electron chi connectivity index (χ0n) is 11.1. The Kier molecular flexibility index (Phi) is 4.71. The first-order valence-electron chi connectivity index (χ1n) is 6.54. The molecule has 19 heavy (non-hydrogen) atoms. The van der Waals surface area contributed by atoms with Crippen LogP contribution in [0.4, 0.5) is 0 Å². The molecule has 1 fully saturated rings. The van der Waals surface area contributed by atoms with Gasteiger partial charge < -0.3 is 11.1 Å². The van der Waals surface area contributed by atoms with E-state index in [2.05, 4.69) is 5.32 Å². The number of nitrogens with two attached hydrogens (primary N) is 1. The van der Waals surface area contributed by atoms with Crippen molar-refractivity contribution < 1.29 is 9.00 Å². The predicted octanol–water partition coefficient (Wildman–Crippen LogP) is 1.09. The van der Waals surface area contributed by atoms with E-state index < -0.39 is 16.7 Å². The summed E-state index contributed by atoms with van der Waals surface area (Å²) in [7, 11) is -0.613. The molecule has 1 aromatic rings. The van der Waals surface area contributed by atoms with Crippen molar-refractivity contribution in [3.63, 3.8) is 0 Å². The molecule has 1 aromatic carbocycles. The third-order valence-corrected chi connectivity index (χ3v) is 4.98. The van der Waals surface area contributed by atoms with Gasteiger partial charge in [-0.15, -0.1) is 0 Å². The highest BCUT2D eigenvalue weighted by Gasteiger charge is 2.17. The molecule has 0 saturated carbocycles. The Morgan fingerprint density at radius 2 is 2.11 bits per heavy atom. The Morgan fingerprint density at radius 1 is 1.42 bits per heavy atom. The number of primary amides is 1. The van der Waals surface area contributed by atoms with Gasteiger partial charge in [0.15, 0.2) is 0 Å². The van der Waals surface area contributed by atoms with Gasteiger partial charge in [0.1, 0.15) is 0 Å². The number of hydrogen-bond donors (Lipinski definition) is 2. The van der Waals surface area contributed by atoms with Gasteiger partial charge in [-0.05, 0) is 43.0 Å². The highest BCUT2D eigenvalue weighted by molar-refractivity contribution is 7.85. The van der Waals surface area contributed by atoms with E-state index in [-0.39, 0.29) is 0 Å². The lowest BCUT2D eigenvalue weighted by molar-refractivity contribution is 0.1000. The van der Waals surface area contributed by atoms with Crippen LogP contribution in [0.1, 0.15) is 34.3 Å². The number of hydrogen-bond acceptors (Lipinski definition) is 3. The zero-order chi connectivity index (χ0) is 13.8. The predicted molar refractivity (Wildman–Crippen MR) is 77.4 cm³/mol. The standard InChI is InChI=1S/C14H20N2O2S/c1-10-8-11(14(15)17)2-3-12(10)9-16-13-4-6-19(18)7-5-13/h2-3,8,13,16H,4-7,9H2,1H3,(H2,15,17). The van der Waals surface area contributed by atoms with Crippen molar-refractivity contribution in [2.75, 3.05) is 11.5 Å². The highest BCUT2D eigenvalue weighted by Crippen LogP contribution is 2.13. The normalized spacial score (nSPS) is 23.2. The van der Waals surface area contributed by atoms with Crippen molar-refractivity contribution in [3.05, 3.63) is 34.9 Å². The Labute approximate surface area is 116 Å². The smallest absolute Gasteiger partial charge is 0.248 e. The average Bonchev–Trinajstić information content (AvgIpc) is 2.39. The molecule has 5 heteroatoms. The third kappa shape index (κ3) is 3.88. The van der Waals surface area contributed by atoms with Crippen molar-refractivity contribution in [3.8, 4) is 0 Å². The second-order valence-electron chi connectivity index (χ2n) is 5.01. The third-order valence-electron chi connectivity index (χ3n) is 3.60. The highest BCUT2D eigenvalue weighted by atomic mass is 32.2. The lowest BCUT2D eigenvalue weighted by atomic mass is 10.0. The molecule has 104 valence electrons. The number of carbonyl (C=O) groups is 1. The number of amides is 1. The maximum atomic E-state index is 11.3. The van der Waals surface area contributed by atoms with Crippen LogP contribution in [0.3, 0.4) is 0 Å². The maximum Gasteiger partial charge on any atom is 0.248 e. The fourth-order valence-electron chi connectivity index (χ4n) is 2.30. The average molecular weight is 280 g/mol. The van der Waals surface area contributed by atoms with Crippen molar-refractivity contribution in [2.45, 2.75) is 32.4 Å². The van der Waals surface area contributed by atoms with Gasteiger partial charge in [-0.25, -0.2) is 0 Å². The summed E-state index contributed by atoms with van der Waals surface area (Å²) in [5.74, 6) is 1.21. The maximum absolute atomic E-state index is 11.3. The van der Waals surface area contributed by atoms with Crippen LogP contribution in [-0.2, 0) is 17.3 Å². The molecule has 1 heterocycles. The molecule has 1 aliphatic rings. The van der Waals surface area contributed by atoms with E-state index in [1.165, 1.54) is 5.56 Å². The minimum absolute atomic E-state index is 0.391. The Hall–Kier alpha value is -1.20. The van der Waals surface area contributed by atoms with Crippen LogP contribution in [0, 0.1) is 6.92 Å². The van der Waals surface area contributed by atoms with Gasteiger partial charge in [-0.2, -0.15) is 0 Å². The zero-order valence-corrected chi connectivity index (χ0v) is 12.0. The largest absolute Gasteiger partial charge is 0.366 e. The molecular weight excluding hydrogens is 260 g/mol. The molecule has 0 radical (unpaired) electrons. The van der Waals surface area contributed by atoms with Crippen molar-refractivity contribution in [1.29, 1.82) is 0 Å². The van der Waals surface area contributed by atoms with Crippen LogP contribution < -0.4 is 11.1 Å². The fourth-order valence-corrected chi connectivity index (χ4v) is 3.60. The van der Waals surface area contributed by atoms with Crippen molar-refractivity contribution in [2.24, 2.45) is 5.73 Å². The van der Waals surface area contributed by atoms with Gasteiger partial charge in [0.25, 0.3) is 0 Å². The molecular formula is C14H20N2O2S. The number of rotatable bonds is 4. The number of aryl methyl sites for hydroxylation is 1. The SMILES string of the molecule is Cc1cc(C(N)=O)ccc1CNC1CCS(=O)CC1.